The average molecular weight is 349 g/mol. The maximum absolute atomic E-state index is 12.1. The number of carbonyl (C=O) groups excluding carboxylic acids is 1. The van der Waals surface area contributed by atoms with E-state index in [1.807, 2.05) is 68.4 Å². The van der Waals surface area contributed by atoms with Crippen molar-refractivity contribution in [3.8, 4) is 5.75 Å². The smallest absolute Gasteiger partial charge is 0.222 e. The minimum absolute atomic E-state index is 0. The van der Waals surface area contributed by atoms with E-state index in [-0.39, 0.29) is 36.8 Å². The summed E-state index contributed by atoms with van der Waals surface area (Å²) >= 11 is 0. The molecule has 24 heavy (non-hydrogen) atoms. The third kappa shape index (κ3) is 6.60. The Bertz CT molecular complexity index is 634. The number of rotatable bonds is 7. The average Bonchev–Trinajstić information content (AvgIpc) is 2.53. The van der Waals surface area contributed by atoms with Gasteiger partial charge in [0, 0.05) is 12.5 Å². The summed E-state index contributed by atoms with van der Waals surface area (Å²) in [5, 5.41) is 2.92. The Morgan fingerprint density at radius 3 is 2.54 bits per heavy atom. The summed E-state index contributed by atoms with van der Waals surface area (Å²) in [6, 6.07) is 17.1. The minimum atomic E-state index is -0.291. The topological polar surface area (TPSA) is 64.3 Å². The molecule has 2 aromatic carbocycles. The molecule has 3 N–H and O–H groups in total. The summed E-state index contributed by atoms with van der Waals surface area (Å²) < 4.78 is 5.69. The fraction of sp³-hybridized carbons (Fsp3) is 0.316. The van der Waals surface area contributed by atoms with Crippen molar-refractivity contribution < 1.29 is 9.53 Å². The lowest BCUT2D eigenvalue weighted by molar-refractivity contribution is -0.122. The first-order valence-corrected chi connectivity index (χ1v) is 7.84. The van der Waals surface area contributed by atoms with Crippen LogP contribution in [-0.2, 0) is 4.79 Å². The van der Waals surface area contributed by atoms with Gasteiger partial charge in [0.25, 0.3) is 0 Å². The molecule has 0 saturated carbocycles. The maximum atomic E-state index is 12.1. The molecular formula is C19H25ClN2O2. The van der Waals surface area contributed by atoms with Crippen molar-refractivity contribution in [2.75, 3.05) is 6.61 Å². The zero-order valence-corrected chi connectivity index (χ0v) is 14.9. The highest BCUT2D eigenvalue weighted by Gasteiger charge is 2.13. The first-order valence-electron chi connectivity index (χ1n) is 7.84. The molecule has 0 aliphatic heterocycles. The number of aryl methyl sites for hydroxylation is 1. The first kappa shape index (κ1) is 20.0. The Morgan fingerprint density at radius 2 is 1.88 bits per heavy atom. The molecule has 0 spiro atoms. The Hall–Kier alpha value is -2.04. The van der Waals surface area contributed by atoms with Crippen LogP contribution in [0.1, 0.15) is 30.5 Å². The van der Waals surface area contributed by atoms with Crippen LogP contribution in [0.2, 0.25) is 0 Å². The summed E-state index contributed by atoms with van der Waals surface area (Å²) in [5.41, 5.74) is 8.17. The van der Waals surface area contributed by atoms with E-state index < -0.39 is 0 Å². The second-order valence-corrected chi connectivity index (χ2v) is 5.82. The lowest BCUT2D eigenvalue weighted by Gasteiger charge is -2.17. The number of hydrogen-bond donors (Lipinski definition) is 2. The largest absolute Gasteiger partial charge is 0.491 e. The van der Waals surface area contributed by atoms with Crippen LogP contribution in [0.5, 0.6) is 5.75 Å². The predicted molar refractivity (Wildman–Crippen MR) is 99.5 cm³/mol. The molecule has 130 valence electrons. The number of halogens is 1. The number of nitrogens with two attached hydrogens (primary N) is 1. The Morgan fingerprint density at radius 1 is 1.17 bits per heavy atom. The molecule has 5 heteroatoms. The molecule has 0 radical (unpaired) electrons. The third-order valence-corrected chi connectivity index (χ3v) is 3.53. The highest BCUT2D eigenvalue weighted by atomic mass is 35.5. The monoisotopic (exact) mass is 348 g/mol. The second-order valence-electron chi connectivity index (χ2n) is 5.82. The van der Waals surface area contributed by atoms with E-state index in [9.17, 15) is 4.79 Å². The van der Waals surface area contributed by atoms with Crippen LogP contribution in [0.15, 0.2) is 54.6 Å². The molecule has 0 saturated heterocycles. The molecule has 4 nitrogen and oxygen atoms in total. The van der Waals surface area contributed by atoms with Gasteiger partial charge in [-0.3, -0.25) is 4.79 Å². The Labute approximate surface area is 149 Å². The van der Waals surface area contributed by atoms with Crippen LogP contribution < -0.4 is 15.8 Å². The minimum Gasteiger partial charge on any atom is -0.491 e. The number of carbonyl (C=O) groups is 1. The van der Waals surface area contributed by atoms with Gasteiger partial charge in [0.2, 0.25) is 5.91 Å². The summed E-state index contributed by atoms with van der Waals surface area (Å²) in [6.07, 6.45) is 0.263. The molecule has 0 heterocycles. The van der Waals surface area contributed by atoms with Crippen molar-refractivity contribution in [2.24, 2.45) is 5.73 Å². The van der Waals surface area contributed by atoms with E-state index in [4.69, 9.17) is 10.5 Å². The Balaban J connectivity index is 0.00000288. The lowest BCUT2D eigenvalue weighted by Crippen LogP contribution is -2.38. The predicted octanol–water partition coefficient (Wildman–Crippen LogP) is 3.39. The SMILES string of the molecule is Cc1cccc(OCC(C)NC(=O)CC(N)c2ccccc2)c1.Cl. The fourth-order valence-corrected chi connectivity index (χ4v) is 2.32. The summed E-state index contributed by atoms with van der Waals surface area (Å²) in [7, 11) is 0. The molecule has 1 amide bonds. The zero-order valence-electron chi connectivity index (χ0n) is 14.1. The number of hydrogen-bond acceptors (Lipinski definition) is 3. The second kappa shape index (κ2) is 9.96. The van der Waals surface area contributed by atoms with E-state index in [0.717, 1.165) is 16.9 Å². The zero-order chi connectivity index (χ0) is 16.7. The molecule has 2 rings (SSSR count). The quantitative estimate of drug-likeness (QED) is 0.806. The van der Waals surface area contributed by atoms with Crippen molar-refractivity contribution in [1.29, 1.82) is 0 Å². The van der Waals surface area contributed by atoms with Crippen molar-refractivity contribution in [1.82, 2.24) is 5.32 Å². The number of amides is 1. The van der Waals surface area contributed by atoms with Gasteiger partial charge in [-0.2, -0.15) is 0 Å². The van der Waals surface area contributed by atoms with Gasteiger partial charge in [-0.1, -0.05) is 42.5 Å². The van der Waals surface area contributed by atoms with Gasteiger partial charge in [-0.05, 0) is 37.1 Å². The summed E-state index contributed by atoms with van der Waals surface area (Å²) in [6.45, 7) is 4.36. The molecule has 2 atom stereocenters. The van der Waals surface area contributed by atoms with Crippen molar-refractivity contribution in [3.63, 3.8) is 0 Å². The van der Waals surface area contributed by atoms with Crippen LogP contribution in [0, 0.1) is 6.92 Å². The van der Waals surface area contributed by atoms with Gasteiger partial charge in [0.1, 0.15) is 12.4 Å². The van der Waals surface area contributed by atoms with Crippen LogP contribution in [0.3, 0.4) is 0 Å². The normalized spacial score (nSPS) is 12.6. The van der Waals surface area contributed by atoms with Gasteiger partial charge in [0.15, 0.2) is 0 Å². The van der Waals surface area contributed by atoms with Crippen molar-refractivity contribution in [3.05, 3.63) is 65.7 Å². The Kier molecular flexibility index (Phi) is 8.30. The molecule has 0 bridgehead atoms. The summed E-state index contributed by atoms with van der Waals surface area (Å²) in [5.74, 6) is 0.744. The molecule has 0 aromatic heterocycles. The van der Waals surface area contributed by atoms with Gasteiger partial charge >= 0.3 is 0 Å². The fourth-order valence-electron chi connectivity index (χ4n) is 2.32. The van der Waals surface area contributed by atoms with Crippen molar-refractivity contribution in [2.45, 2.75) is 32.4 Å². The molecule has 0 fully saturated rings. The van der Waals surface area contributed by atoms with Crippen molar-refractivity contribution >= 4 is 18.3 Å². The summed E-state index contributed by atoms with van der Waals surface area (Å²) in [4.78, 5) is 12.1. The number of nitrogens with one attached hydrogen (secondary N) is 1. The third-order valence-electron chi connectivity index (χ3n) is 3.53. The standard InChI is InChI=1S/C19H24N2O2.ClH/c1-14-7-6-10-17(11-14)23-13-15(2)21-19(22)12-18(20)16-8-4-3-5-9-16;/h3-11,15,18H,12-13,20H2,1-2H3,(H,21,22);1H. The van der Waals surface area contributed by atoms with E-state index in [0.29, 0.717) is 6.61 Å². The van der Waals surface area contributed by atoms with Gasteiger partial charge in [-0.25, -0.2) is 0 Å². The lowest BCUT2D eigenvalue weighted by atomic mass is 10.0. The van der Waals surface area contributed by atoms with E-state index in [1.165, 1.54) is 0 Å². The van der Waals surface area contributed by atoms with E-state index in [2.05, 4.69) is 5.32 Å². The highest BCUT2D eigenvalue weighted by Crippen LogP contribution is 2.14. The molecule has 2 aromatic rings. The molecule has 2 unspecified atom stereocenters. The molecular weight excluding hydrogens is 324 g/mol. The van der Waals surface area contributed by atoms with Crippen LogP contribution in [0.25, 0.3) is 0 Å². The van der Waals surface area contributed by atoms with Gasteiger partial charge in [0.05, 0.1) is 6.04 Å². The van der Waals surface area contributed by atoms with Gasteiger partial charge in [-0.15, -0.1) is 12.4 Å². The van der Waals surface area contributed by atoms with E-state index >= 15 is 0 Å². The molecule has 0 aliphatic carbocycles. The van der Waals surface area contributed by atoms with Crippen LogP contribution >= 0.6 is 12.4 Å². The van der Waals surface area contributed by atoms with Crippen LogP contribution in [-0.4, -0.2) is 18.6 Å². The maximum Gasteiger partial charge on any atom is 0.222 e. The van der Waals surface area contributed by atoms with Gasteiger partial charge < -0.3 is 15.8 Å². The highest BCUT2D eigenvalue weighted by molar-refractivity contribution is 5.85. The first-order chi connectivity index (χ1) is 11.0. The molecule has 0 aliphatic rings. The van der Waals surface area contributed by atoms with E-state index in [1.54, 1.807) is 0 Å². The van der Waals surface area contributed by atoms with Crippen LogP contribution in [0.4, 0.5) is 0 Å². The number of ether oxygens (including phenoxy) is 1. The number of benzene rings is 2.